The number of carbonyl (C=O) groups is 2. The van der Waals surface area contributed by atoms with Crippen molar-refractivity contribution in [2.75, 3.05) is 0 Å². The van der Waals surface area contributed by atoms with Crippen molar-refractivity contribution >= 4 is 11.8 Å². The lowest BCUT2D eigenvalue weighted by molar-refractivity contribution is -0.144. The van der Waals surface area contributed by atoms with Crippen LogP contribution >= 0.6 is 0 Å². The van der Waals surface area contributed by atoms with Crippen molar-refractivity contribution in [1.82, 2.24) is 5.32 Å². The highest BCUT2D eigenvalue weighted by molar-refractivity contribution is 5.99. The lowest BCUT2D eigenvalue weighted by Crippen LogP contribution is -2.52. The van der Waals surface area contributed by atoms with Gasteiger partial charge in [0.05, 0.1) is 0 Å². The van der Waals surface area contributed by atoms with Gasteiger partial charge in [-0.1, -0.05) is 27.7 Å². The van der Waals surface area contributed by atoms with Gasteiger partial charge in [-0.05, 0) is 29.6 Å². The summed E-state index contributed by atoms with van der Waals surface area (Å²) in [5, 5.41) is 2.45. The standard InChI is InChI=1S/C13H21NO2/c1-8-5-12(3,4)7-13(8)6-10(15)14-11(16)9(13)2/h8-9H,5-7H2,1-4H3,(H,14,15,16). The third kappa shape index (κ3) is 1.57. The first kappa shape index (κ1) is 11.6. The second kappa shape index (κ2) is 3.31. The van der Waals surface area contributed by atoms with Crippen LogP contribution in [0.1, 0.15) is 47.0 Å². The van der Waals surface area contributed by atoms with Gasteiger partial charge < -0.3 is 0 Å². The molecule has 1 spiro atoms. The van der Waals surface area contributed by atoms with E-state index < -0.39 is 0 Å². The highest BCUT2D eigenvalue weighted by Gasteiger charge is 2.56. The molecular formula is C13H21NO2. The van der Waals surface area contributed by atoms with Gasteiger partial charge in [0.15, 0.2) is 0 Å². The number of hydrogen-bond donors (Lipinski definition) is 1. The molecule has 0 aromatic heterocycles. The van der Waals surface area contributed by atoms with E-state index in [0.29, 0.717) is 12.3 Å². The molecule has 1 saturated heterocycles. The van der Waals surface area contributed by atoms with Crippen LogP contribution in [-0.4, -0.2) is 11.8 Å². The third-order valence-electron chi connectivity index (χ3n) is 4.66. The topological polar surface area (TPSA) is 46.2 Å². The Labute approximate surface area is 97.0 Å². The molecule has 90 valence electrons. The molecule has 2 fully saturated rings. The molecular weight excluding hydrogens is 202 g/mol. The second-order valence-corrected chi connectivity index (χ2v) is 6.49. The summed E-state index contributed by atoms with van der Waals surface area (Å²) in [7, 11) is 0. The molecule has 3 nitrogen and oxygen atoms in total. The van der Waals surface area contributed by atoms with Gasteiger partial charge in [0.25, 0.3) is 0 Å². The Bertz CT molecular complexity index is 348. The molecule has 0 aromatic rings. The molecule has 16 heavy (non-hydrogen) atoms. The molecule has 1 N–H and O–H groups in total. The molecule has 3 heteroatoms. The van der Waals surface area contributed by atoms with E-state index in [-0.39, 0.29) is 28.6 Å². The summed E-state index contributed by atoms with van der Waals surface area (Å²) in [6.45, 7) is 8.64. The van der Waals surface area contributed by atoms with Crippen molar-refractivity contribution in [3.05, 3.63) is 0 Å². The van der Waals surface area contributed by atoms with Crippen molar-refractivity contribution < 1.29 is 9.59 Å². The quantitative estimate of drug-likeness (QED) is 0.639. The number of hydrogen-bond acceptors (Lipinski definition) is 2. The van der Waals surface area contributed by atoms with E-state index in [4.69, 9.17) is 0 Å². The normalized spacial score (nSPS) is 42.5. The Hall–Kier alpha value is -0.860. The zero-order chi connectivity index (χ0) is 12.1. The van der Waals surface area contributed by atoms with Gasteiger partial charge in [0.2, 0.25) is 11.8 Å². The maximum atomic E-state index is 11.8. The van der Waals surface area contributed by atoms with E-state index in [9.17, 15) is 9.59 Å². The molecule has 3 atom stereocenters. The van der Waals surface area contributed by atoms with Gasteiger partial charge in [-0.3, -0.25) is 14.9 Å². The predicted octanol–water partition coefficient (Wildman–Crippen LogP) is 2.11. The van der Waals surface area contributed by atoms with Crippen molar-refractivity contribution in [3.8, 4) is 0 Å². The number of imide groups is 1. The van der Waals surface area contributed by atoms with E-state index in [1.54, 1.807) is 0 Å². The SMILES string of the molecule is CC1CC(C)(C)CC12CC(=O)NC(=O)C2C. The number of carbonyl (C=O) groups excluding carboxylic acids is 2. The van der Waals surface area contributed by atoms with Crippen molar-refractivity contribution in [2.24, 2.45) is 22.7 Å². The van der Waals surface area contributed by atoms with Gasteiger partial charge in [0.1, 0.15) is 0 Å². The average molecular weight is 223 g/mol. The minimum Gasteiger partial charge on any atom is -0.296 e. The summed E-state index contributed by atoms with van der Waals surface area (Å²) in [6.07, 6.45) is 2.61. The minimum absolute atomic E-state index is 0.0398. The fourth-order valence-electron chi connectivity index (χ4n) is 3.99. The maximum Gasteiger partial charge on any atom is 0.229 e. The zero-order valence-electron chi connectivity index (χ0n) is 10.6. The Kier molecular flexibility index (Phi) is 2.41. The molecule has 3 unspecified atom stereocenters. The number of rotatable bonds is 0. The molecule has 2 aliphatic rings. The number of nitrogens with one attached hydrogen (secondary N) is 1. The highest BCUT2D eigenvalue weighted by Crippen LogP contribution is 2.59. The Morgan fingerprint density at radius 3 is 2.38 bits per heavy atom. The van der Waals surface area contributed by atoms with Gasteiger partial charge in [-0.15, -0.1) is 0 Å². The molecule has 0 aromatic carbocycles. The number of piperidine rings is 1. The molecule has 1 aliphatic carbocycles. The fraction of sp³-hybridized carbons (Fsp3) is 0.846. The molecule has 0 radical (unpaired) electrons. The lowest BCUT2D eigenvalue weighted by atomic mass is 9.64. The van der Waals surface area contributed by atoms with Crippen molar-refractivity contribution in [2.45, 2.75) is 47.0 Å². The van der Waals surface area contributed by atoms with Crippen LogP contribution in [0.3, 0.4) is 0 Å². The molecule has 0 bridgehead atoms. The van der Waals surface area contributed by atoms with Crippen molar-refractivity contribution in [1.29, 1.82) is 0 Å². The molecule has 1 aliphatic heterocycles. The van der Waals surface area contributed by atoms with Gasteiger partial charge in [0, 0.05) is 12.3 Å². The molecule has 2 amide bonds. The summed E-state index contributed by atoms with van der Waals surface area (Å²) >= 11 is 0. The van der Waals surface area contributed by atoms with Crippen LogP contribution in [0.5, 0.6) is 0 Å². The van der Waals surface area contributed by atoms with Crippen LogP contribution in [0.2, 0.25) is 0 Å². The van der Waals surface area contributed by atoms with E-state index in [1.165, 1.54) is 0 Å². The second-order valence-electron chi connectivity index (χ2n) is 6.49. The monoisotopic (exact) mass is 223 g/mol. The maximum absolute atomic E-state index is 11.8. The van der Waals surface area contributed by atoms with Crippen LogP contribution in [0, 0.1) is 22.7 Å². The lowest BCUT2D eigenvalue weighted by Gasteiger charge is -2.42. The molecule has 1 saturated carbocycles. The average Bonchev–Trinajstić information content (AvgIpc) is 2.33. The van der Waals surface area contributed by atoms with Crippen LogP contribution in [-0.2, 0) is 9.59 Å². The fourth-order valence-corrected chi connectivity index (χ4v) is 3.99. The van der Waals surface area contributed by atoms with Crippen LogP contribution in [0.25, 0.3) is 0 Å². The van der Waals surface area contributed by atoms with E-state index >= 15 is 0 Å². The van der Waals surface area contributed by atoms with E-state index in [2.05, 4.69) is 26.1 Å². The summed E-state index contributed by atoms with van der Waals surface area (Å²) < 4.78 is 0. The minimum atomic E-state index is -0.0943. The molecule has 2 rings (SSSR count). The van der Waals surface area contributed by atoms with Crippen LogP contribution in [0.15, 0.2) is 0 Å². The van der Waals surface area contributed by atoms with Crippen LogP contribution < -0.4 is 5.32 Å². The summed E-state index contributed by atoms with van der Waals surface area (Å²) in [4.78, 5) is 23.4. The number of amides is 2. The first-order valence-electron chi connectivity index (χ1n) is 6.10. The first-order valence-corrected chi connectivity index (χ1v) is 6.10. The first-order chi connectivity index (χ1) is 7.27. The van der Waals surface area contributed by atoms with Gasteiger partial charge in [-0.25, -0.2) is 0 Å². The summed E-state index contributed by atoms with van der Waals surface area (Å²) in [5.74, 6) is 0.239. The van der Waals surface area contributed by atoms with Gasteiger partial charge in [-0.2, -0.15) is 0 Å². The summed E-state index contributed by atoms with van der Waals surface area (Å²) in [6, 6.07) is 0. The van der Waals surface area contributed by atoms with E-state index in [0.717, 1.165) is 12.8 Å². The highest BCUT2D eigenvalue weighted by atomic mass is 16.2. The van der Waals surface area contributed by atoms with Crippen LogP contribution in [0.4, 0.5) is 0 Å². The van der Waals surface area contributed by atoms with Gasteiger partial charge >= 0.3 is 0 Å². The zero-order valence-corrected chi connectivity index (χ0v) is 10.6. The van der Waals surface area contributed by atoms with E-state index in [1.807, 2.05) is 6.92 Å². The largest absolute Gasteiger partial charge is 0.296 e. The van der Waals surface area contributed by atoms with Crippen molar-refractivity contribution in [3.63, 3.8) is 0 Å². The Morgan fingerprint density at radius 1 is 1.25 bits per heavy atom. The smallest absolute Gasteiger partial charge is 0.229 e. The third-order valence-corrected chi connectivity index (χ3v) is 4.66. The predicted molar refractivity (Wildman–Crippen MR) is 61.5 cm³/mol. The Morgan fingerprint density at radius 2 is 1.88 bits per heavy atom. The summed E-state index contributed by atoms with van der Waals surface area (Å²) in [5.41, 5.74) is 0.161. The Balaban J connectivity index is 2.36. The molecule has 1 heterocycles.